The third-order valence-corrected chi connectivity index (χ3v) is 3.08. The fraction of sp³-hybridized carbons (Fsp3) is 0.308. The largest absolute Gasteiger partial charge is 0.325 e. The van der Waals surface area contributed by atoms with Crippen LogP contribution in [0.5, 0.6) is 0 Å². The van der Waals surface area contributed by atoms with Gasteiger partial charge in [-0.15, -0.1) is 0 Å². The van der Waals surface area contributed by atoms with Crippen LogP contribution in [-0.4, -0.2) is 9.78 Å². The smallest absolute Gasteiger partial charge is 0.0929 e. The van der Waals surface area contributed by atoms with Crippen LogP contribution in [0.2, 0.25) is 5.02 Å². The lowest BCUT2D eigenvalue weighted by Crippen LogP contribution is -2.06. The summed E-state index contributed by atoms with van der Waals surface area (Å²) in [6, 6.07) is 7.87. The number of aromatic nitrogens is 2. The van der Waals surface area contributed by atoms with Crippen LogP contribution in [0.3, 0.4) is 0 Å². The van der Waals surface area contributed by atoms with Gasteiger partial charge in [-0.25, -0.2) is 0 Å². The molecule has 0 saturated carbocycles. The van der Waals surface area contributed by atoms with Crippen molar-refractivity contribution in [2.45, 2.75) is 26.9 Å². The molecule has 0 aliphatic rings. The summed E-state index contributed by atoms with van der Waals surface area (Å²) in [5.74, 6) is 0. The van der Waals surface area contributed by atoms with Gasteiger partial charge in [0.2, 0.25) is 0 Å². The van der Waals surface area contributed by atoms with Crippen LogP contribution in [0.4, 0.5) is 0 Å². The number of hydrogen-bond acceptors (Lipinski definition) is 2. The van der Waals surface area contributed by atoms with Crippen LogP contribution in [0.15, 0.2) is 24.3 Å². The zero-order valence-corrected chi connectivity index (χ0v) is 10.8. The van der Waals surface area contributed by atoms with Crippen molar-refractivity contribution in [1.29, 1.82) is 0 Å². The monoisotopic (exact) mass is 249 g/mol. The highest BCUT2D eigenvalue weighted by Gasteiger charge is 2.09. The van der Waals surface area contributed by atoms with Crippen molar-refractivity contribution < 1.29 is 0 Å². The summed E-state index contributed by atoms with van der Waals surface area (Å²) in [6.45, 7) is 5.44. The van der Waals surface area contributed by atoms with E-state index in [0.717, 1.165) is 28.5 Å². The minimum atomic E-state index is 0.500. The quantitative estimate of drug-likeness (QED) is 0.909. The molecule has 1 heterocycles. The summed E-state index contributed by atoms with van der Waals surface area (Å²) < 4.78 is 1.93. The van der Waals surface area contributed by atoms with Crippen molar-refractivity contribution in [2.75, 3.05) is 0 Å². The Hall–Kier alpha value is -1.32. The van der Waals surface area contributed by atoms with E-state index >= 15 is 0 Å². The standard InChI is InChI=1S/C13H16ClN3/c1-3-17-11(8-15)7-13(16-17)12-6-10(14)5-4-9(12)2/h4-7H,3,8,15H2,1-2H3. The van der Waals surface area contributed by atoms with Crippen LogP contribution in [0, 0.1) is 6.92 Å². The highest BCUT2D eigenvalue weighted by atomic mass is 35.5. The molecule has 0 spiro atoms. The molecule has 2 N–H and O–H groups in total. The summed E-state index contributed by atoms with van der Waals surface area (Å²) in [7, 11) is 0. The summed E-state index contributed by atoms with van der Waals surface area (Å²) >= 11 is 6.02. The molecule has 2 aromatic rings. The highest BCUT2D eigenvalue weighted by Crippen LogP contribution is 2.26. The van der Waals surface area contributed by atoms with Gasteiger partial charge in [0.25, 0.3) is 0 Å². The number of aryl methyl sites for hydroxylation is 2. The molecule has 0 aliphatic carbocycles. The maximum absolute atomic E-state index is 6.02. The molecule has 0 fully saturated rings. The first-order chi connectivity index (χ1) is 8.15. The molecule has 3 nitrogen and oxygen atoms in total. The summed E-state index contributed by atoms with van der Waals surface area (Å²) in [6.07, 6.45) is 0. The molecule has 17 heavy (non-hydrogen) atoms. The lowest BCUT2D eigenvalue weighted by molar-refractivity contribution is 0.624. The molecule has 1 aromatic heterocycles. The average Bonchev–Trinajstić information content (AvgIpc) is 2.75. The van der Waals surface area contributed by atoms with Crippen molar-refractivity contribution in [1.82, 2.24) is 9.78 Å². The zero-order chi connectivity index (χ0) is 12.4. The van der Waals surface area contributed by atoms with Gasteiger partial charge in [0.15, 0.2) is 0 Å². The molecule has 0 bridgehead atoms. The summed E-state index contributed by atoms with van der Waals surface area (Å²) in [5, 5.41) is 5.28. The van der Waals surface area contributed by atoms with E-state index in [2.05, 4.69) is 18.9 Å². The number of nitrogens with zero attached hydrogens (tertiary/aromatic N) is 2. The highest BCUT2D eigenvalue weighted by molar-refractivity contribution is 6.30. The minimum absolute atomic E-state index is 0.500. The minimum Gasteiger partial charge on any atom is -0.325 e. The van der Waals surface area contributed by atoms with Gasteiger partial charge in [0, 0.05) is 23.7 Å². The van der Waals surface area contributed by atoms with Crippen LogP contribution < -0.4 is 5.73 Å². The van der Waals surface area contributed by atoms with E-state index < -0.39 is 0 Å². The van der Waals surface area contributed by atoms with Crippen LogP contribution in [0.1, 0.15) is 18.2 Å². The Morgan fingerprint density at radius 1 is 1.35 bits per heavy atom. The fourth-order valence-electron chi connectivity index (χ4n) is 1.90. The summed E-state index contributed by atoms with van der Waals surface area (Å²) in [5.41, 5.74) is 9.91. The Labute approximate surface area is 106 Å². The van der Waals surface area contributed by atoms with Crippen molar-refractivity contribution in [3.8, 4) is 11.3 Å². The van der Waals surface area contributed by atoms with Gasteiger partial charge in [-0.3, -0.25) is 4.68 Å². The first kappa shape index (κ1) is 12.1. The molecule has 90 valence electrons. The first-order valence-corrected chi connectivity index (χ1v) is 6.06. The van der Waals surface area contributed by atoms with E-state index in [0.29, 0.717) is 6.54 Å². The maximum Gasteiger partial charge on any atom is 0.0929 e. The van der Waals surface area contributed by atoms with Crippen molar-refractivity contribution >= 4 is 11.6 Å². The van der Waals surface area contributed by atoms with Crippen molar-refractivity contribution in [3.05, 3.63) is 40.5 Å². The van der Waals surface area contributed by atoms with Crippen LogP contribution >= 0.6 is 11.6 Å². The van der Waals surface area contributed by atoms with E-state index in [4.69, 9.17) is 17.3 Å². The van der Waals surface area contributed by atoms with Crippen LogP contribution in [-0.2, 0) is 13.1 Å². The third kappa shape index (κ3) is 2.35. The lowest BCUT2D eigenvalue weighted by atomic mass is 10.1. The van der Waals surface area contributed by atoms with Gasteiger partial charge in [-0.2, -0.15) is 5.10 Å². The summed E-state index contributed by atoms with van der Waals surface area (Å²) in [4.78, 5) is 0. The van der Waals surface area contributed by atoms with Gasteiger partial charge < -0.3 is 5.73 Å². The molecular formula is C13H16ClN3. The normalized spacial score (nSPS) is 10.8. The van der Waals surface area contributed by atoms with E-state index in [1.54, 1.807) is 0 Å². The van der Waals surface area contributed by atoms with Gasteiger partial charge in [0.05, 0.1) is 11.4 Å². The molecule has 0 aliphatic heterocycles. The second-order valence-corrected chi connectivity index (χ2v) is 4.44. The molecule has 0 saturated heterocycles. The topological polar surface area (TPSA) is 43.8 Å². The van der Waals surface area contributed by atoms with Gasteiger partial charge in [0.1, 0.15) is 0 Å². The molecule has 0 radical (unpaired) electrons. The SMILES string of the molecule is CCn1nc(-c2cc(Cl)ccc2C)cc1CN. The molecule has 2 rings (SSSR count). The number of nitrogens with two attached hydrogens (primary N) is 1. The Morgan fingerprint density at radius 3 is 2.71 bits per heavy atom. The molecule has 0 atom stereocenters. The average molecular weight is 250 g/mol. The van der Waals surface area contributed by atoms with E-state index in [-0.39, 0.29) is 0 Å². The van der Waals surface area contributed by atoms with Crippen molar-refractivity contribution in [3.63, 3.8) is 0 Å². The van der Waals surface area contributed by atoms with Gasteiger partial charge in [-0.1, -0.05) is 17.7 Å². The van der Waals surface area contributed by atoms with Gasteiger partial charge in [-0.05, 0) is 37.6 Å². The third-order valence-electron chi connectivity index (χ3n) is 2.85. The molecule has 0 amide bonds. The predicted molar refractivity (Wildman–Crippen MR) is 71.0 cm³/mol. The Balaban J connectivity index is 2.52. The number of rotatable bonds is 3. The molecule has 1 aromatic carbocycles. The fourth-order valence-corrected chi connectivity index (χ4v) is 2.07. The van der Waals surface area contributed by atoms with Gasteiger partial charge >= 0.3 is 0 Å². The van der Waals surface area contributed by atoms with E-state index in [1.165, 1.54) is 5.56 Å². The second kappa shape index (κ2) is 4.90. The first-order valence-electron chi connectivity index (χ1n) is 5.69. The lowest BCUT2D eigenvalue weighted by Gasteiger charge is -2.03. The number of benzene rings is 1. The Kier molecular flexibility index (Phi) is 3.50. The van der Waals surface area contributed by atoms with E-state index in [1.807, 2.05) is 28.9 Å². The van der Waals surface area contributed by atoms with Crippen LogP contribution in [0.25, 0.3) is 11.3 Å². The number of hydrogen-bond donors (Lipinski definition) is 1. The molecule has 0 unspecified atom stereocenters. The number of halogens is 1. The molecule has 4 heteroatoms. The second-order valence-electron chi connectivity index (χ2n) is 4.00. The molecular weight excluding hydrogens is 234 g/mol. The van der Waals surface area contributed by atoms with Crippen molar-refractivity contribution in [2.24, 2.45) is 5.73 Å². The Morgan fingerprint density at radius 2 is 2.12 bits per heavy atom. The Bertz CT molecular complexity index is 510. The van der Waals surface area contributed by atoms with E-state index in [9.17, 15) is 0 Å². The maximum atomic E-state index is 6.02. The zero-order valence-electron chi connectivity index (χ0n) is 10.1. The predicted octanol–water partition coefficient (Wildman–Crippen LogP) is 2.99.